The normalized spacial score (nSPS) is 17.1. The highest BCUT2D eigenvalue weighted by atomic mass is 35.5. The summed E-state index contributed by atoms with van der Waals surface area (Å²) in [6.07, 6.45) is -0.198. The Labute approximate surface area is 101 Å². The maximum Gasteiger partial charge on any atom is 0.279 e. The first-order valence-electron chi connectivity index (χ1n) is 4.96. The highest BCUT2D eigenvalue weighted by Gasteiger charge is 2.27. The molecule has 1 fully saturated rings. The predicted molar refractivity (Wildman–Crippen MR) is 57.3 cm³/mol. The second kappa shape index (κ2) is 4.95. The summed E-state index contributed by atoms with van der Waals surface area (Å²) in [7, 11) is 0. The molecule has 0 atom stereocenters. The fourth-order valence-electron chi connectivity index (χ4n) is 1.57. The van der Waals surface area contributed by atoms with Gasteiger partial charge in [0.05, 0.1) is 28.7 Å². The van der Waals surface area contributed by atoms with Crippen LogP contribution in [0.2, 0.25) is 5.02 Å². The van der Waals surface area contributed by atoms with Gasteiger partial charge < -0.3 is 9.47 Å². The zero-order chi connectivity index (χ0) is 12.4. The van der Waals surface area contributed by atoms with Crippen molar-refractivity contribution in [3.05, 3.63) is 38.7 Å². The Morgan fingerprint density at radius 2 is 2.06 bits per heavy atom. The van der Waals surface area contributed by atoms with E-state index in [1.807, 2.05) is 0 Å². The maximum absolute atomic E-state index is 13.3. The number of halogens is 2. The minimum atomic E-state index is -0.907. The molecular weight excluding hydrogens is 253 g/mol. The van der Waals surface area contributed by atoms with Crippen molar-refractivity contribution in [3.8, 4) is 0 Å². The lowest BCUT2D eigenvalue weighted by atomic mass is 10.1. The summed E-state index contributed by atoms with van der Waals surface area (Å²) in [5.41, 5.74) is -0.250. The van der Waals surface area contributed by atoms with Crippen LogP contribution in [-0.2, 0) is 9.47 Å². The quantitative estimate of drug-likeness (QED) is 0.607. The SMILES string of the molecule is O=[N+]([O-])c1cc(Cl)c(F)cc1C1OCCCO1. The summed E-state index contributed by atoms with van der Waals surface area (Å²) in [4.78, 5) is 10.2. The van der Waals surface area contributed by atoms with E-state index in [0.29, 0.717) is 19.6 Å². The number of hydrogen-bond donors (Lipinski definition) is 0. The minimum Gasteiger partial charge on any atom is -0.348 e. The van der Waals surface area contributed by atoms with Gasteiger partial charge in [0.25, 0.3) is 5.69 Å². The molecule has 0 spiro atoms. The number of nitro groups is 1. The molecule has 1 aromatic rings. The molecule has 0 aliphatic carbocycles. The Hall–Kier alpha value is -1.24. The molecule has 1 aliphatic heterocycles. The molecule has 1 saturated heterocycles. The molecule has 0 radical (unpaired) electrons. The summed E-state index contributed by atoms with van der Waals surface area (Å²) in [5.74, 6) is -0.731. The zero-order valence-electron chi connectivity index (χ0n) is 8.69. The largest absolute Gasteiger partial charge is 0.348 e. The lowest BCUT2D eigenvalue weighted by molar-refractivity contribution is -0.387. The van der Waals surface area contributed by atoms with Crippen molar-refractivity contribution in [2.24, 2.45) is 0 Å². The lowest BCUT2D eigenvalue weighted by Crippen LogP contribution is -2.19. The van der Waals surface area contributed by atoms with Crippen molar-refractivity contribution in [1.82, 2.24) is 0 Å². The van der Waals surface area contributed by atoms with E-state index in [4.69, 9.17) is 21.1 Å². The molecule has 1 heterocycles. The third-order valence-corrected chi connectivity index (χ3v) is 2.64. The first kappa shape index (κ1) is 12.2. The van der Waals surface area contributed by atoms with Crippen LogP contribution in [-0.4, -0.2) is 18.1 Å². The van der Waals surface area contributed by atoms with Gasteiger partial charge in [-0.05, 0) is 12.5 Å². The van der Waals surface area contributed by atoms with Crippen molar-refractivity contribution in [3.63, 3.8) is 0 Å². The number of nitrogens with zero attached hydrogens (tertiary/aromatic N) is 1. The van der Waals surface area contributed by atoms with Gasteiger partial charge in [0.2, 0.25) is 0 Å². The molecule has 5 nitrogen and oxygen atoms in total. The second-order valence-electron chi connectivity index (χ2n) is 3.51. The molecule has 0 unspecified atom stereocenters. The molecule has 0 bridgehead atoms. The summed E-state index contributed by atoms with van der Waals surface area (Å²) in [6.45, 7) is 0.845. The van der Waals surface area contributed by atoms with Crippen LogP contribution in [0.4, 0.5) is 10.1 Å². The van der Waals surface area contributed by atoms with E-state index < -0.39 is 17.0 Å². The van der Waals surface area contributed by atoms with Crippen LogP contribution in [0.15, 0.2) is 12.1 Å². The van der Waals surface area contributed by atoms with E-state index in [-0.39, 0.29) is 16.3 Å². The topological polar surface area (TPSA) is 61.6 Å². The van der Waals surface area contributed by atoms with Crippen molar-refractivity contribution < 1.29 is 18.8 Å². The van der Waals surface area contributed by atoms with Crippen LogP contribution >= 0.6 is 11.6 Å². The van der Waals surface area contributed by atoms with E-state index in [1.165, 1.54) is 0 Å². The number of rotatable bonds is 2. The molecule has 1 aliphatic rings. The van der Waals surface area contributed by atoms with Crippen LogP contribution in [0.5, 0.6) is 0 Å². The molecule has 0 aromatic heterocycles. The Morgan fingerprint density at radius 1 is 1.41 bits per heavy atom. The average molecular weight is 262 g/mol. The van der Waals surface area contributed by atoms with Crippen LogP contribution in [0.25, 0.3) is 0 Å². The van der Waals surface area contributed by atoms with Crippen molar-refractivity contribution in [2.45, 2.75) is 12.7 Å². The summed E-state index contributed by atoms with van der Waals surface area (Å²) in [5, 5.41) is 10.5. The van der Waals surface area contributed by atoms with Gasteiger partial charge in [-0.25, -0.2) is 4.39 Å². The van der Waals surface area contributed by atoms with Gasteiger partial charge >= 0.3 is 0 Å². The fourth-order valence-corrected chi connectivity index (χ4v) is 1.72. The summed E-state index contributed by atoms with van der Waals surface area (Å²) in [6, 6.07) is 1.95. The van der Waals surface area contributed by atoms with Crippen molar-refractivity contribution in [2.75, 3.05) is 13.2 Å². The van der Waals surface area contributed by atoms with Gasteiger partial charge in [-0.1, -0.05) is 11.6 Å². The molecule has 0 N–H and O–H groups in total. The molecule has 0 saturated carbocycles. The molecule has 17 heavy (non-hydrogen) atoms. The van der Waals surface area contributed by atoms with Crippen LogP contribution in [0, 0.1) is 15.9 Å². The van der Waals surface area contributed by atoms with Gasteiger partial charge in [-0.3, -0.25) is 10.1 Å². The molecule has 1 aromatic carbocycles. The maximum atomic E-state index is 13.3. The van der Waals surface area contributed by atoms with E-state index in [1.54, 1.807) is 0 Å². The first-order valence-corrected chi connectivity index (χ1v) is 5.34. The third kappa shape index (κ3) is 2.54. The van der Waals surface area contributed by atoms with Crippen molar-refractivity contribution in [1.29, 1.82) is 0 Å². The first-order chi connectivity index (χ1) is 8.09. The highest BCUT2D eigenvalue weighted by Crippen LogP contribution is 2.34. The Morgan fingerprint density at radius 3 is 2.65 bits per heavy atom. The van der Waals surface area contributed by atoms with Crippen molar-refractivity contribution >= 4 is 17.3 Å². The van der Waals surface area contributed by atoms with E-state index in [0.717, 1.165) is 12.1 Å². The van der Waals surface area contributed by atoms with Crippen LogP contribution in [0.3, 0.4) is 0 Å². The minimum absolute atomic E-state index is 0.0524. The molecule has 7 heteroatoms. The zero-order valence-corrected chi connectivity index (χ0v) is 9.45. The molecule has 0 amide bonds. The van der Waals surface area contributed by atoms with Gasteiger partial charge in [0, 0.05) is 6.07 Å². The summed E-state index contributed by atoms with van der Waals surface area (Å²) < 4.78 is 23.7. The smallest absolute Gasteiger partial charge is 0.279 e. The van der Waals surface area contributed by atoms with Gasteiger partial charge in [-0.15, -0.1) is 0 Å². The third-order valence-electron chi connectivity index (χ3n) is 2.35. The van der Waals surface area contributed by atoms with E-state index >= 15 is 0 Å². The lowest BCUT2D eigenvalue weighted by Gasteiger charge is -2.23. The monoisotopic (exact) mass is 261 g/mol. The summed E-state index contributed by atoms with van der Waals surface area (Å²) >= 11 is 5.51. The van der Waals surface area contributed by atoms with Gasteiger partial charge in [0.15, 0.2) is 6.29 Å². The number of hydrogen-bond acceptors (Lipinski definition) is 4. The molecular formula is C10H9ClFNO4. The van der Waals surface area contributed by atoms with Crippen LogP contribution in [0.1, 0.15) is 18.3 Å². The molecule has 92 valence electrons. The fraction of sp³-hybridized carbons (Fsp3) is 0.400. The number of ether oxygens (including phenoxy) is 2. The second-order valence-corrected chi connectivity index (χ2v) is 3.92. The Kier molecular flexibility index (Phi) is 3.56. The van der Waals surface area contributed by atoms with Crippen LogP contribution < -0.4 is 0 Å². The van der Waals surface area contributed by atoms with E-state index in [9.17, 15) is 14.5 Å². The predicted octanol–water partition coefficient (Wildman–Crippen LogP) is 2.82. The van der Waals surface area contributed by atoms with Gasteiger partial charge in [0.1, 0.15) is 5.82 Å². The Balaban J connectivity index is 2.42. The molecule has 2 rings (SSSR count). The highest BCUT2D eigenvalue weighted by molar-refractivity contribution is 6.31. The van der Waals surface area contributed by atoms with E-state index in [2.05, 4.69) is 0 Å². The van der Waals surface area contributed by atoms with Gasteiger partial charge in [-0.2, -0.15) is 0 Å². The number of benzene rings is 1. The standard InChI is InChI=1S/C10H9ClFNO4/c11-7-5-9(13(14)15)6(4-8(7)12)10-16-2-1-3-17-10/h4-5,10H,1-3H2. The Bertz CT molecular complexity index is 448. The average Bonchev–Trinajstić information content (AvgIpc) is 2.33. The number of nitro benzene ring substituents is 1.